The van der Waals surface area contributed by atoms with Crippen molar-refractivity contribution in [2.45, 2.75) is 64.3 Å². The number of aryl methyl sites for hydroxylation is 1. The summed E-state index contributed by atoms with van der Waals surface area (Å²) in [6.07, 6.45) is 10.1. The quantitative estimate of drug-likeness (QED) is 0.317. The van der Waals surface area contributed by atoms with Gasteiger partial charge in [0.25, 0.3) is 0 Å². The number of anilines is 2. The fourth-order valence-electron chi connectivity index (χ4n) is 4.63. The van der Waals surface area contributed by atoms with Crippen molar-refractivity contribution in [1.29, 1.82) is 0 Å². The maximum Gasteiger partial charge on any atom is 0.190 e. The van der Waals surface area contributed by atoms with Crippen LogP contribution in [0.5, 0.6) is 11.5 Å². The van der Waals surface area contributed by atoms with E-state index in [9.17, 15) is 0 Å². The first-order valence-electron chi connectivity index (χ1n) is 12.3. The van der Waals surface area contributed by atoms with Crippen LogP contribution >= 0.6 is 11.3 Å². The van der Waals surface area contributed by atoms with Gasteiger partial charge < -0.3 is 19.7 Å². The molecule has 4 rings (SSSR count). The fraction of sp³-hybridized carbons (Fsp3) is 0.519. The number of fused-ring (bicyclic) bond motifs is 1. The standard InChI is InChI=1S/C27H37N3O2S/c1-4-20-12-14-23-26(18-20)33-27(29-23)30(22-13-15-24(31-2)25(19-22)32-3)17-9-8-16-28-21-10-6-5-7-11-21/h12-15,18-19,21,28H,4-11,16-17H2,1-3H3. The van der Waals surface area contributed by atoms with E-state index in [-0.39, 0.29) is 0 Å². The molecule has 33 heavy (non-hydrogen) atoms. The highest BCUT2D eigenvalue weighted by Gasteiger charge is 2.17. The summed E-state index contributed by atoms with van der Waals surface area (Å²) in [4.78, 5) is 7.32. The Balaban J connectivity index is 1.50. The Morgan fingerprint density at radius 2 is 1.82 bits per heavy atom. The van der Waals surface area contributed by atoms with Gasteiger partial charge in [0.05, 0.1) is 24.4 Å². The molecule has 1 aromatic heterocycles. The normalized spacial score (nSPS) is 14.5. The smallest absolute Gasteiger partial charge is 0.190 e. The molecule has 1 saturated carbocycles. The number of nitrogens with zero attached hydrogens (tertiary/aromatic N) is 2. The van der Waals surface area contributed by atoms with Gasteiger partial charge in [-0.2, -0.15) is 0 Å². The second kappa shape index (κ2) is 11.7. The van der Waals surface area contributed by atoms with E-state index in [1.807, 2.05) is 6.07 Å². The van der Waals surface area contributed by atoms with E-state index in [1.165, 1.54) is 42.4 Å². The zero-order valence-electron chi connectivity index (χ0n) is 20.2. The number of methoxy groups -OCH3 is 2. The van der Waals surface area contributed by atoms with Crippen molar-refractivity contribution < 1.29 is 9.47 Å². The number of hydrogen-bond acceptors (Lipinski definition) is 6. The molecule has 1 N–H and O–H groups in total. The lowest BCUT2D eigenvalue weighted by atomic mass is 9.95. The highest BCUT2D eigenvalue weighted by molar-refractivity contribution is 7.22. The maximum atomic E-state index is 5.58. The van der Waals surface area contributed by atoms with Crippen LogP contribution in [0.1, 0.15) is 57.4 Å². The van der Waals surface area contributed by atoms with Crippen LogP contribution in [-0.4, -0.2) is 38.3 Å². The third kappa shape index (κ3) is 5.98. The van der Waals surface area contributed by atoms with Gasteiger partial charge in [-0.25, -0.2) is 4.98 Å². The Labute approximate surface area is 202 Å². The van der Waals surface area contributed by atoms with Crippen LogP contribution in [0.15, 0.2) is 36.4 Å². The van der Waals surface area contributed by atoms with Crippen LogP contribution < -0.4 is 19.7 Å². The third-order valence-corrected chi connectivity index (χ3v) is 7.65. The lowest BCUT2D eigenvalue weighted by Crippen LogP contribution is -2.32. The average molecular weight is 468 g/mol. The Morgan fingerprint density at radius 3 is 2.58 bits per heavy atom. The zero-order chi connectivity index (χ0) is 23.0. The lowest BCUT2D eigenvalue weighted by molar-refractivity contribution is 0.355. The first-order chi connectivity index (χ1) is 16.2. The van der Waals surface area contributed by atoms with Crippen molar-refractivity contribution in [3.63, 3.8) is 0 Å². The molecule has 0 spiro atoms. The van der Waals surface area contributed by atoms with Gasteiger partial charge in [-0.15, -0.1) is 0 Å². The number of unbranched alkanes of at least 4 members (excludes halogenated alkanes) is 1. The van der Waals surface area contributed by atoms with Gasteiger partial charge in [-0.05, 0) is 68.5 Å². The molecule has 1 heterocycles. The molecule has 0 radical (unpaired) electrons. The number of aromatic nitrogens is 1. The van der Waals surface area contributed by atoms with Gasteiger partial charge in [0, 0.05) is 24.3 Å². The van der Waals surface area contributed by atoms with Crippen LogP contribution in [0, 0.1) is 0 Å². The van der Waals surface area contributed by atoms with Gasteiger partial charge >= 0.3 is 0 Å². The van der Waals surface area contributed by atoms with Crippen LogP contribution in [0.25, 0.3) is 10.2 Å². The minimum absolute atomic E-state index is 0.720. The third-order valence-electron chi connectivity index (χ3n) is 6.61. The van der Waals surface area contributed by atoms with E-state index in [0.29, 0.717) is 0 Å². The van der Waals surface area contributed by atoms with Crippen molar-refractivity contribution in [2.24, 2.45) is 0 Å². The highest BCUT2D eigenvalue weighted by Crippen LogP contribution is 2.38. The monoisotopic (exact) mass is 467 g/mol. The second-order valence-corrected chi connectivity index (χ2v) is 9.85. The van der Waals surface area contributed by atoms with Gasteiger partial charge in [0.2, 0.25) is 0 Å². The number of ether oxygens (including phenoxy) is 2. The molecule has 0 atom stereocenters. The van der Waals surface area contributed by atoms with E-state index in [0.717, 1.165) is 66.2 Å². The van der Waals surface area contributed by atoms with Crippen molar-refractivity contribution in [2.75, 3.05) is 32.2 Å². The lowest BCUT2D eigenvalue weighted by Gasteiger charge is -2.24. The van der Waals surface area contributed by atoms with Crippen LogP contribution in [0.4, 0.5) is 10.8 Å². The average Bonchev–Trinajstić information content (AvgIpc) is 3.29. The number of rotatable bonds is 11. The first-order valence-corrected chi connectivity index (χ1v) is 13.2. The molecule has 6 heteroatoms. The maximum absolute atomic E-state index is 5.58. The largest absolute Gasteiger partial charge is 0.493 e. The molecule has 0 saturated heterocycles. The first kappa shape index (κ1) is 23.8. The SMILES string of the molecule is CCc1ccc2nc(N(CCCCNC3CCCCC3)c3ccc(OC)c(OC)c3)sc2c1. The molecule has 1 aliphatic rings. The molecule has 5 nitrogen and oxygen atoms in total. The summed E-state index contributed by atoms with van der Waals surface area (Å²) in [6.45, 7) is 4.20. The van der Waals surface area contributed by atoms with Gasteiger partial charge in [0.1, 0.15) is 0 Å². The summed E-state index contributed by atoms with van der Waals surface area (Å²) in [5, 5.41) is 4.81. The molecule has 0 unspecified atom stereocenters. The molecule has 2 aromatic carbocycles. The van der Waals surface area contributed by atoms with Gasteiger partial charge in [-0.3, -0.25) is 0 Å². The van der Waals surface area contributed by atoms with E-state index >= 15 is 0 Å². The van der Waals surface area contributed by atoms with Crippen molar-refractivity contribution in [1.82, 2.24) is 10.3 Å². The molecular formula is C27H37N3O2S. The Kier molecular flexibility index (Phi) is 8.46. The molecule has 1 fully saturated rings. The van der Waals surface area contributed by atoms with Gasteiger partial charge in [-0.1, -0.05) is 43.6 Å². The summed E-state index contributed by atoms with van der Waals surface area (Å²) < 4.78 is 12.3. The molecule has 1 aliphatic carbocycles. The molecule has 3 aromatic rings. The number of benzene rings is 2. The molecule has 0 amide bonds. The molecule has 178 valence electrons. The summed E-state index contributed by atoms with van der Waals surface area (Å²) in [7, 11) is 3.36. The minimum atomic E-state index is 0.720. The fourth-order valence-corrected chi connectivity index (χ4v) is 5.70. The van der Waals surface area contributed by atoms with Crippen molar-refractivity contribution >= 4 is 32.4 Å². The van der Waals surface area contributed by atoms with E-state index in [2.05, 4.69) is 47.5 Å². The molecule has 0 bridgehead atoms. The van der Waals surface area contributed by atoms with E-state index in [1.54, 1.807) is 25.6 Å². The van der Waals surface area contributed by atoms with Gasteiger partial charge in [0.15, 0.2) is 16.6 Å². The zero-order valence-corrected chi connectivity index (χ0v) is 21.0. The number of nitrogens with one attached hydrogen (secondary N) is 1. The predicted molar refractivity (Wildman–Crippen MR) is 140 cm³/mol. The van der Waals surface area contributed by atoms with Crippen molar-refractivity contribution in [3.05, 3.63) is 42.0 Å². The number of thiazole rings is 1. The Morgan fingerprint density at radius 1 is 1.00 bits per heavy atom. The second-order valence-electron chi connectivity index (χ2n) is 8.84. The Hall–Kier alpha value is -2.31. The highest BCUT2D eigenvalue weighted by atomic mass is 32.1. The molecule has 0 aliphatic heterocycles. The summed E-state index contributed by atoms with van der Waals surface area (Å²) in [6, 6.07) is 13.5. The summed E-state index contributed by atoms with van der Waals surface area (Å²) in [5.41, 5.74) is 3.50. The van der Waals surface area contributed by atoms with Crippen LogP contribution in [0.3, 0.4) is 0 Å². The topological polar surface area (TPSA) is 46.6 Å². The summed E-state index contributed by atoms with van der Waals surface area (Å²) >= 11 is 1.77. The van der Waals surface area contributed by atoms with E-state index < -0.39 is 0 Å². The van der Waals surface area contributed by atoms with Crippen LogP contribution in [0.2, 0.25) is 0 Å². The summed E-state index contributed by atoms with van der Waals surface area (Å²) in [5.74, 6) is 1.49. The van der Waals surface area contributed by atoms with E-state index in [4.69, 9.17) is 14.5 Å². The minimum Gasteiger partial charge on any atom is -0.493 e. The predicted octanol–water partition coefficient (Wildman–Crippen LogP) is 6.72. The van der Waals surface area contributed by atoms with Crippen LogP contribution in [-0.2, 0) is 6.42 Å². The Bertz CT molecular complexity index is 1030. The molecular weight excluding hydrogens is 430 g/mol. The number of hydrogen-bond donors (Lipinski definition) is 1. The van der Waals surface area contributed by atoms with Crippen molar-refractivity contribution in [3.8, 4) is 11.5 Å².